The van der Waals surface area contributed by atoms with E-state index in [2.05, 4.69) is 30.5 Å². The number of hydrogen-bond donors (Lipinski definition) is 1. The second kappa shape index (κ2) is 2.90. The van der Waals surface area contributed by atoms with Gasteiger partial charge in [-0.05, 0) is 26.8 Å². The summed E-state index contributed by atoms with van der Waals surface area (Å²) in [6.07, 6.45) is 5.36. The first-order chi connectivity index (χ1) is 5.77. The molecule has 0 radical (unpaired) electrons. The molecule has 3 nitrogen and oxygen atoms in total. The van der Waals surface area contributed by atoms with Gasteiger partial charge in [0.25, 0.3) is 0 Å². The van der Waals surface area contributed by atoms with E-state index in [0.29, 0.717) is 12.1 Å². The van der Waals surface area contributed by atoms with Crippen molar-refractivity contribution in [3.8, 4) is 0 Å². The van der Waals surface area contributed by atoms with Gasteiger partial charge in [-0.2, -0.15) is 5.10 Å². The molecule has 2 heterocycles. The molecule has 1 aliphatic heterocycles. The molecule has 1 atom stereocenters. The average molecular weight is 165 g/mol. The lowest BCUT2D eigenvalue weighted by Gasteiger charge is -2.26. The van der Waals surface area contributed by atoms with Gasteiger partial charge in [0.15, 0.2) is 0 Å². The van der Waals surface area contributed by atoms with Crippen LogP contribution in [0.5, 0.6) is 0 Å². The number of nitrogens with zero attached hydrogens (tertiary/aromatic N) is 2. The second-order valence-electron chi connectivity index (χ2n) is 3.64. The standard InChI is InChI=1S/C9H15N3/c1-7(2)12-6-8(5-11-12)9-3-4-10-9/h5-7,9-10H,3-4H2,1-2H3. The summed E-state index contributed by atoms with van der Waals surface area (Å²) >= 11 is 0. The zero-order chi connectivity index (χ0) is 8.55. The molecule has 1 aliphatic rings. The molecule has 0 amide bonds. The predicted octanol–water partition coefficient (Wildman–Crippen LogP) is 1.50. The van der Waals surface area contributed by atoms with Crippen LogP contribution in [-0.4, -0.2) is 16.3 Å². The molecule has 0 bridgehead atoms. The number of hydrogen-bond acceptors (Lipinski definition) is 2. The van der Waals surface area contributed by atoms with Crippen molar-refractivity contribution in [3.63, 3.8) is 0 Å². The topological polar surface area (TPSA) is 29.9 Å². The van der Waals surface area contributed by atoms with E-state index in [1.165, 1.54) is 12.0 Å². The van der Waals surface area contributed by atoms with Gasteiger partial charge >= 0.3 is 0 Å². The SMILES string of the molecule is CC(C)n1cc(C2CCN2)cn1. The summed E-state index contributed by atoms with van der Waals surface area (Å²) < 4.78 is 2.01. The summed E-state index contributed by atoms with van der Waals surface area (Å²) in [5, 5.41) is 7.66. The molecule has 1 aromatic rings. The third kappa shape index (κ3) is 1.25. The summed E-state index contributed by atoms with van der Waals surface area (Å²) in [5.74, 6) is 0. The van der Waals surface area contributed by atoms with Crippen LogP contribution in [0.1, 0.15) is 37.9 Å². The van der Waals surface area contributed by atoms with Crippen molar-refractivity contribution in [2.45, 2.75) is 32.4 Å². The Kier molecular flexibility index (Phi) is 1.89. The van der Waals surface area contributed by atoms with Crippen LogP contribution in [0.25, 0.3) is 0 Å². The minimum absolute atomic E-state index is 0.471. The van der Waals surface area contributed by atoms with Crippen molar-refractivity contribution < 1.29 is 0 Å². The molecule has 12 heavy (non-hydrogen) atoms. The van der Waals surface area contributed by atoms with Gasteiger partial charge in [0, 0.05) is 23.8 Å². The van der Waals surface area contributed by atoms with E-state index >= 15 is 0 Å². The van der Waals surface area contributed by atoms with E-state index in [1.807, 2.05) is 10.9 Å². The third-order valence-corrected chi connectivity index (χ3v) is 2.38. The van der Waals surface area contributed by atoms with Crippen molar-refractivity contribution in [2.24, 2.45) is 0 Å². The predicted molar refractivity (Wildman–Crippen MR) is 48.0 cm³/mol. The molecule has 2 rings (SSSR count). The maximum absolute atomic E-state index is 4.30. The highest BCUT2D eigenvalue weighted by Gasteiger charge is 2.19. The number of aromatic nitrogens is 2. The van der Waals surface area contributed by atoms with Crippen molar-refractivity contribution in [3.05, 3.63) is 18.0 Å². The average Bonchev–Trinajstić information content (AvgIpc) is 2.32. The van der Waals surface area contributed by atoms with Crippen LogP contribution in [0.3, 0.4) is 0 Å². The zero-order valence-corrected chi connectivity index (χ0v) is 7.62. The van der Waals surface area contributed by atoms with Crippen LogP contribution in [0.4, 0.5) is 0 Å². The van der Waals surface area contributed by atoms with E-state index in [1.54, 1.807) is 0 Å². The normalized spacial score (nSPS) is 22.8. The Morgan fingerprint density at radius 1 is 1.67 bits per heavy atom. The van der Waals surface area contributed by atoms with Crippen molar-refractivity contribution in [1.29, 1.82) is 0 Å². The van der Waals surface area contributed by atoms with Crippen molar-refractivity contribution in [1.82, 2.24) is 15.1 Å². The minimum Gasteiger partial charge on any atom is -0.310 e. The molecular formula is C9H15N3. The molecule has 1 saturated heterocycles. The molecule has 1 aromatic heterocycles. The summed E-state index contributed by atoms with van der Waals surface area (Å²) in [6, 6.07) is 1.04. The molecule has 0 spiro atoms. The Morgan fingerprint density at radius 3 is 2.83 bits per heavy atom. The highest BCUT2D eigenvalue weighted by atomic mass is 15.3. The van der Waals surface area contributed by atoms with Gasteiger partial charge in [-0.3, -0.25) is 4.68 Å². The quantitative estimate of drug-likeness (QED) is 0.719. The van der Waals surface area contributed by atoms with E-state index in [4.69, 9.17) is 0 Å². The molecule has 0 aliphatic carbocycles. The van der Waals surface area contributed by atoms with Gasteiger partial charge in [-0.15, -0.1) is 0 Å². The summed E-state index contributed by atoms with van der Waals surface area (Å²) in [6.45, 7) is 5.44. The van der Waals surface area contributed by atoms with Crippen LogP contribution < -0.4 is 5.32 Å². The number of rotatable bonds is 2. The van der Waals surface area contributed by atoms with E-state index < -0.39 is 0 Å². The van der Waals surface area contributed by atoms with Gasteiger partial charge < -0.3 is 5.32 Å². The lowest BCUT2D eigenvalue weighted by molar-refractivity contribution is 0.382. The summed E-state index contributed by atoms with van der Waals surface area (Å²) in [4.78, 5) is 0. The third-order valence-electron chi connectivity index (χ3n) is 2.38. The molecule has 1 fully saturated rings. The Hall–Kier alpha value is -0.830. The van der Waals surface area contributed by atoms with Crippen molar-refractivity contribution in [2.75, 3.05) is 6.54 Å². The van der Waals surface area contributed by atoms with Gasteiger partial charge in [0.05, 0.1) is 6.20 Å². The summed E-state index contributed by atoms with van der Waals surface area (Å²) in [7, 11) is 0. The molecule has 1 N–H and O–H groups in total. The lowest BCUT2D eigenvalue weighted by atomic mass is 10.0. The van der Waals surface area contributed by atoms with Gasteiger partial charge in [-0.25, -0.2) is 0 Å². The molecule has 66 valence electrons. The number of nitrogens with one attached hydrogen (secondary N) is 1. The molecule has 3 heteroatoms. The highest BCUT2D eigenvalue weighted by Crippen LogP contribution is 2.22. The fourth-order valence-corrected chi connectivity index (χ4v) is 1.39. The fraction of sp³-hybridized carbons (Fsp3) is 0.667. The smallest absolute Gasteiger partial charge is 0.0537 e. The van der Waals surface area contributed by atoms with Gasteiger partial charge in [0.2, 0.25) is 0 Å². The minimum atomic E-state index is 0.471. The Morgan fingerprint density at radius 2 is 2.42 bits per heavy atom. The van der Waals surface area contributed by atoms with E-state index in [-0.39, 0.29) is 0 Å². The van der Waals surface area contributed by atoms with Crippen LogP contribution in [0.2, 0.25) is 0 Å². The first-order valence-corrected chi connectivity index (χ1v) is 4.55. The zero-order valence-electron chi connectivity index (χ0n) is 7.62. The van der Waals surface area contributed by atoms with Gasteiger partial charge in [-0.1, -0.05) is 0 Å². The Balaban J connectivity index is 2.12. The first kappa shape index (κ1) is 7.80. The summed E-state index contributed by atoms with van der Waals surface area (Å²) in [5.41, 5.74) is 1.33. The van der Waals surface area contributed by atoms with E-state index in [9.17, 15) is 0 Å². The second-order valence-corrected chi connectivity index (χ2v) is 3.64. The molecule has 0 aromatic carbocycles. The molecule has 1 unspecified atom stereocenters. The largest absolute Gasteiger partial charge is 0.310 e. The van der Waals surface area contributed by atoms with Gasteiger partial charge in [0.1, 0.15) is 0 Å². The maximum atomic E-state index is 4.30. The molecule has 0 saturated carbocycles. The maximum Gasteiger partial charge on any atom is 0.0537 e. The van der Waals surface area contributed by atoms with Crippen LogP contribution in [0, 0.1) is 0 Å². The van der Waals surface area contributed by atoms with Crippen molar-refractivity contribution >= 4 is 0 Å². The van der Waals surface area contributed by atoms with Crippen LogP contribution in [0.15, 0.2) is 12.4 Å². The van der Waals surface area contributed by atoms with Crippen LogP contribution >= 0.6 is 0 Å². The monoisotopic (exact) mass is 165 g/mol. The lowest BCUT2D eigenvalue weighted by Crippen LogP contribution is -2.34. The van der Waals surface area contributed by atoms with E-state index in [0.717, 1.165) is 6.54 Å². The Labute approximate surface area is 72.8 Å². The Bertz CT molecular complexity index is 260. The fourth-order valence-electron chi connectivity index (χ4n) is 1.39. The molecular weight excluding hydrogens is 150 g/mol. The van der Waals surface area contributed by atoms with Crippen LogP contribution in [-0.2, 0) is 0 Å². The highest BCUT2D eigenvalue weighted by molar-refractivity contribution is 5.13. The first-order valence-electron chi connectivity index (χ1n) is 4.55.